The van der Waals surface area contributed by atoms with Crippen molar-refractivity contribution in [1.29, 1.82) is 0 Å². The molecule has 1 aliphatic heterocycles. The average molecular weight is 255 g/mol. The summed E-state index contributed by atoms with van der Waals surface area (Å²) < 4.78 is 2.61. The first kappa shape index (κ1) is 11.5. The zero-order valence-electron chi connectivity index (χ0n) is 11.9. The van der Waals surface area contributed by atoms with Crippen LogP contribution in [0.15, 0.2) is 18.2 Å². The van der Waals surface area contributed by atoms with E-state index in [4.69, 9.17) is 0 Å². The second kappa shape index (κ2) is 4.11. The van der Waals surface area contributed by atoms with Crippen LogP contribution in [0.4, 0.5) is 0 Å². The molecule has 0 fully saturated rings. The molecule has 1 aromatic heterocycles. The standard InChI is InChI=1S/C17H22N2/c1-11(2)12-6-7-16-14(10-12)13-4-3-5-15-17(13)19(16)9-8-18-15/h6-7,10-11,15,18H,3-5,8-9H2,1-2H3/p+1/t15-/m0/s1. The average Bonchev–Trinajstić information content (AvgIpc) is 2.76. The van der Waals surface area contributed by atoms with E-state index < -0.39 is 0 Å². The lowest BCUT2D eigenvalue weighted by atomic mass is 9.90. The summed E-state index contributed by atoms with van der Waals surface area (Å²) in [7, 11) is 0. The summed E-state index contributed by atoms with van der Waals surface area (Å²) in [6.45, 7) is 7.01. The number of quaternary nitrogens is 1. The Balaban J connectivity index is 2.02. The third-order valence-electron chi connectivity index (χ3n) is 5.00. The first-order chi connectivity index (χ1) is 9.25. The van der Waals surface area contributed by atoms with Crippen LogP contribution >= 0.6 is 0 Å². The SMILES string of the molecule is CC(C)c1ccc2c(c1)c1c3n2CC[NH2+][C@H]3CCC1. The minimum atomic E-state index is 0.625. The van der Waals surface area contributed by atoms with E-state index in [-0.39, 0.29) is 0 Å². The van der Waals surface area contributed by atoms with Crippen molar-refractivity contribution < 1.29 is 5.32 Å². The first-order valence-electron chi connectivity index (χ1n) is 7.74. The van der Waals surface area contributed by atoms with Gasteiger partial charge in [-0.1, -0.05) is 19.9 Å². The van der Waals surface area contributed by atoms with Crippen LogP contribution < -0.4 is 5.32 Å². The van der Waals surface area contributed by atoms with Gasteiger partial charge in [0.05, 0.1) is 18.8 Å². The maximum atomic E-state index is 2.61. The predicted octanol–water partition coefficient (Wildman–Crippen LogP) is 2.72. The van der Waals surface area contributed by atoms with Gasteiger partial charge in [0.15, 0.2) is 0 Å². The van der Waals surface area contributed by atoms with E-state index in [1.165, 1.54) is 43.4 Å². The lowest BCUT2D eigenvalue weighted by molar-refractivity contribution is -0.704. The molecule has 1 aromatic carbocycles. The number of benzene rings is 1. The third kappa shape index (κ3) is 1.59. The smallest absolute Gasteiger partial charge is 0.127 e. The van der Waals surface area contributed by atoms with Gasteiger partial charge in [0.25, 0.3) is 0 Å². The van der Waals surface area contributed by atoms with Crippen molar-refractivity contribution >= 4 is 10.9 Å². The summed E-state index contributed by atoms with van der Waals surface area (Å²) in [5.74, 6) is 0.625. The van der Waals surface area contributed by atoms with E-state index >= 15 is 0 Å². The molecule has 0 spiro atoms. The van der Waals surface area contributed by atoms with Gasteiger partial charge in [0.2, 0.25) is 0 Å². The van der Waals surface area contributed by atoms with Crippen LogP contribution in [0.3, 0.4) is 0 Å². The van der Waals surface area contributed by atoms with Crippen LogP contribution in [0.25, 0.3) is 10.9 Å². The Morgan fingerprint density at radius 3 is 3.05 bits per heavy atom. The number of hydrogen-bond donors (Lipinski definition) is 1. The number of fused-ring (bicyclic) bond motifs is 3. The minimum absolute atomic E-state index is 0.625. The monoisotopic (exact) mass is 255 g/mol. The van der Waals surface area contributed by atoms with Gasteiger partial charge in [0, 0.05) is 17.3 Å². The topological polar surface area (TPSA) is 21.5 Å². The van der Waals surface area contributed by atoms with E-state index in [2.05, 4.69) is 41.9 Å². The first-order valence-corrected chi connectivity index (χ1v) is 7.74. The highest BCUT2D eigenvalue weighted by molar-refractivity contribution is 5.87. The molecule has 2 nitrogen and oxygen atoms in total. The molecule has 0 bridgehead atoms. The van der Waals surface area contributed by atoms with Gasteiger partial charge in [-0.2, -0.15) is 0 Å². The highest BCUT2D eigenvalue weighted by atomic mass is 15.1. The summed E-state index contributed by atoms with van der Waals surface area (Å²) in [6.07, 6.45) is 4.00. The van der Waals surface area contributed by atoms with Crippen molar-refractivity contribution in [3.05, 3.63) is 35.0 Å². The second-order valence-electron chi connectivity index (χ2n) is 6.47. The summed E-state index contributed by atoms with van der Waals surface area (Å²) >= 11 is 0. The van der Waals surface area contributed by atoms with Gasteiger partial charge in [-0.05, 0) is 42.0 Å². The molecule has 2 N–H and O–H groups in total. The summed E-state index contributed by atoms with van der Waals surface area (Å²) in [5, 5.41) is 4.10. The minimum Gasteiger partial charge on any atom is -0.337 e. The molecular formula is C17H23N2+. The van der Waals surface area contributed by atoms with Crippen LogP contribution in [-0.2, 0) is 13.0 Å². The third-order valence-corrected chi connectivity index (χ3v) is 5.00. The Hall–Kier alpha value is -1.28. The number of nitrogens with two attached hydrogens (primary N) is 1. The van der Waals surface area contributed by atoms with Gasteiger partial charge >= 0.3 is 0 Å². The van der Waals surface area contributed by atoms with Crippen molar-refractivity contribution in [3.8, 4) is 0 Å². The van der Waals surface area contributed by atoms with Crippen molar-refractivity contribution in [2.45, 2.75) is 51.6 Å². The lowest BCUT2D eigenvalue weighted by Gasteiger charge is -2.27. The van der Waals surface area contributed by atoms with E-state index in [9.17, 15) is 0 Å². The molecule has 4 rings (SSSR count). The normalized spacial score (nSPS) is 21.9. The van der Waals surface area contributed by atoms with Crippen LogP contribution in [0.5, 0.6) is 0 Å². The maximum absolute atomic E-state index is 2.61. The molecule has 2 aromatic rings. The van der Waals surface area contributed by atoms with Gasteiger partial charge < -0.3 is 9.88 Å². The van der Waals surface area contributed by atoms with Gasteiger partial charge in [-0.25, -0.2) is 0 Å². The van der Waals surface area contributed by atoms with E-state index in [0.717, 1.165) is 6.04 Å². The Bertz CT molecular complexity index is 634. The van der Waals surface area contributed by atoms with Gasteiger partial charge in [-0.3, -0.25) is 0 Å². The highest BCUT2D eigenvalue weighted by Gasteiger charge is 2.32. The molecule has 2 aliphatic rings. The summed E-state index contributed by atoms with van der Waals surface area (Å²) in [5.41, 5.74) is 6.27. The molecule has 0 amide bonds. The van der Waals surface area contributed by atoms with Crippen LogP contribution in [-0.4, -0.2) is 11.1 Å². The molecule has 0 saturated carbocycles. The van der Waals surface area contributed by atoms with Crippen LogP contribution in [0.1, 0.15) is 55.5 Å². The summed E-state index contributed by atoms with van der Waals surface area (Å²) in [4.78, 5) is 0. The quantitative estimate of drug-likeness (QED) is 0.809. The molecule has 2 heteroatoms. The second-order valence-corrected chi connectivity index (χ2v) is 6.47. The van der Waals surface area contributed by atoms with E-state index in [0.29, 0.717) is 5.92 Å². The molecule has 100 valence electrons. The Labute approximate surface area is 114 Å². The Morgan fingerprint density at radius 1 is 1.32 bits per heavy atom. The highest BCUT2D eigenvalue weighted by Crippen LogP contribution is 2.37. The fourth-order valence-corrected chi connectivity index (χ4v) is 4.02. The summed E-state index contributed by atoms with van der Waals surface area (Å²) in [6, 6.07) is 7.89. The number of aryl methyl sites for hydroxylation is 1. The maximum Gasteiger partial charge on any atom is 0.127 e. The predicted molar refractivity (Wildman–Crippen MR) is 78.5 cm³/mol. The molecule has 0 unspecified atom stereocenters. The van der Waals surface area contributed by atoms with E-state index in [1.807, 2.05) is 0 Å². The van der Waals surface area contributed by atoms with Crippen molar-refractivity contribution in [2.75, 3.05) is 6.54 Å². The largest absolute Gasteiger partial charge is 0.337 e. The Morgan fingerprint density at radius 2 is 2.21 bits per heavy atom. The molecule has 19 heavy (non-hydrogen) atoms. The molecule has 2 heterocycles. The molecule has 1 aliphatic carbocycles. The lowest BCUT2D eigenvalue weighted by Crippen LogP contribution is -2.88. The van der Waals surface area contributed by atoms with Gasteiger partial charge in [-0.15, -0.1) is 0 Å². The van der Waals surface area contributed by atoms with Gasteiger partial charge in [0.1, 0.15) is 6.04 Å². The molecule has 1 atom stereocenters. The van der Waals surface area contributed by atoms with E-state index in [1.54, 1.807) is 16.6 Å². The number of nitrogens with zero attached hydrogens (tertiary/aromatic N) is 1. The van der Waals surface area contributed by atoms with Crippen molar-refractivity contribution in [3.63, 3.8) is 0 Å². The number of rotatable bonds is 1. The molecular weight excluding hydrogens is 232 g/mol. The number of hydrogen-bond acceptors (Lipinski definition) is 0. The zero-order valence-corrected chi connectivity index (χ0v) is 11.9. The molecule has 0 radical (unpaired) electrons. The fraction of sp³-hybridized carbons (Fsp3) is 0.529. The zero-order chi connectivity index (χ0) is 13.0. The number of aromatic nitrogens is 1. The van der Waals surface area contributed by atoms with Crippen molar-refractivity contribution in [2.24, 2.45) is 0 Å². The Kier molecular flexibility index (Phi) is 2.49. The fourth-order valence-electron chi connectivity index (χ4n) is 4.02. The van der Waals surface area contributed by atoms with Crippen LogP contribution in [0.2, 0.25) is 0 Å². The van der Waals surface area contributed by atoms with Crippen molar-refractivity contribution in [1.82, 2.24) is 4.57 Å². The molecule has 0 saturated heterocycles. The van der Waals surface area contributed by atoms with Crippen LogP contribution in [0, 0.1) is 0 Å².